The third kappa shape index (κ3) is 4.25. The Morgan fingerprint density at radius 2 is 1.90 bits per heavy atom. The Bertz CT molecular complexity index is 550. The SMILES string of the molecule is CC1CC2(COCCN2)C2COC3CCC(CC3)C3CC(Cl)CCC3OCCN12. The molecule has 6 rings (SSSR count). The number of morpholine rings is 1. The molecule has 6 fully saturated rings. The summed E-state index contributed by atoms with van der Waals surface area (Å²) in [7, 11) is 0. The molecule has 4 saturated heterocycles. The monoisotopic (exact) mass is 426 g/mol. The number of ether oxygens (including phenoxy) is 3. The van der Waals surface area contributed by atoms with Gasteiger partial charge in [-0.2, -0.15) is 0 Å². The molecule has 4 heterocycles. The van der Waals surface area contributed by atoms with Gasteiger partial charge in [-0.15, -0.1) is 11.6 Å². The van der Waals surface area contributed by atoms with Crippen LogP contribution in [0.25, 0.3) is 0 Å². The van der Waals surface area contributed by atoms with Crippen molar-refractivity contribution in [1.82, 2.24) is 10.2 Å². The Hall–Kier alpha value is 0.0900. The van der Waals surface area contributed by atoms with E-state index in [4.69, 9.17) is 25.8 Å². The van der Waals surface area contributed by atoms with Crippen molar-refractivity contribution in [2.24, 2.45) is 11.8 Å². The van der Waals surface area contributed by atoms with E-state index in [1.807, 2.05) is 0 Å². The topological polar surface area (TPSA) is 43.0 Å². The fraction of sp³-hybridized carbons (Fsp3) is 1.00. The van der Waals surface area contributed by atoms with E-state index >= 15 is 0 Å². The molecule has 1 N–H and O–H groups in total. The standard InChI is InChI=1S/C23H39ClN2O3/c1-16-13-23(15-27-10-8-25-23)22-14-29-19-5-2-17(3-6-19)20-12-18(24)4-7-21(20)28-11-9-26(16)22/h16-22,25H,2-15H2,1H3. The highest BCUT2D eigenvalue weighted by molar-refractivity contribution is 6.20. The molecule has 0 aromatic rings. The summed E-state index contributed by atoms with van der Waals surface area (Å²) in [5.74, 6) is 1.40. The zero-order chi connectivity index (χ0) is 19.8. The summed E-state index contributed by atoms with van der Waals surface area (Å²) >= 11 is 6.59. The highest BCUT2D eigenvalue weighted by atomic mass is 35.5. The average molecular weight is 427 g/mol. The van der Waals surface area contributed by atoms with Gasteiger partial charge in [-0.05, 0) is 70.1 Å². The lowest BCUT2D eigenvalue weighted by Gasteiger charge is -2.42. The molecule has 6 aliphatic rings. The van der Waals surface area contributed by atoms with Gasteiger partial charge in [0.05, 0.1) is 50.2 Å². The number of hydrogen-bond acceptors (Lipinski definition) is 5. The quantitative estimate of drug-likeness (QED) is 0.602. The van der Waals surface area contributed by atoms with Crippen LogP contribution in [-0.2, 0) is 14.2 Å². The van der Waals surface area contributed by atoms with E-state index < -0.39 is 0 Å². The first-order valence-corrected chi connectivity index (χ1v) is 12.5. The van der Waals surface area contributed by atoms with E-state index in [1.54, 1.807) is 0 Å². The van der Waals surface area contributed by atoms with E-state index in [-0.39, 0.29) is 5.54 Å². The third-order valence-electron chi connectivity index (χ3n) is 8.61. The van der Waals surface area contributed by atoms with Crippen LogP contribution < -0.4 is 5.32 Å². The minimum Gasteiger partial charge on any atom is -0.378 e. The van der Waals surface area contributed by atoms with Crippen LogP contribution in [-0.4, -0.2) is 79.6 Å². The van der Waals surface area contributed by atoms with Crippen molar-refractivity contribution in [1.29, 1.82) is 0 Å². The second-order valence-electron chi connectivity index (χ2n) is 10.3. The van der Waals surface area contributed by atoms with Crippen molar-refractivity contribution in [3.8, 4) is 0 Å². The van der Waals surface area contributed by atoms with E-state index in [9.17, 15) is 0 Å². The summed E-state index contributed by atoms with van der Waals surface area (Å²) in [6.45, 7) is 7.56. The maximum absolute atomic E-state index is 6.60. The normalized spacial score (nSPS) is 49.7. The summed E-state index contributed by atoms with van der Waals surface area (Å²) in [6, 6.07) is 0.895. The number of hydrogen-bond donors (Lipinski definition) is 1. The highest BCUT2D eigenvalue weighted by Gasteiger charge is 2.52. The van der Waals surface area contributed by atoms with Crippen molar-refractivity contribution in [2.75, 3.05) is 39.5 Å². The van der Waals surface area contributed by atoms with Crippen molar-refractivity contribution in [3.63, 3.8) is 0 Å². The number of nitrogens with one attached hydrogen (secondary N) is 1. The molecule has 0 aromatic carbocycles. The van der Waals surface area contributed by atoms with Crippen LogP contribution in [0.1, 0.15) is 58.3 Å². The van der Waals surface area contributed by atoms with E-state index in [0.29, 0.717) is 35.6 Å². The predicted octanol–water partition coefficient (Wildman–Crippen LogP) is 3.19. The molecule has 2 saturated carbocycles. The van der Waals surface area contributed by atoms with Crippen molar-refractivity contribution < 1.29 is 14.2 Å². The van der Waals surface area contributed by atoms with Gasteiger partial charge in [0.25, 0.3) is 0 Å². The fourth-order valence-electron chi connectivity index (χ4n) is 7.11. The molecular formula is C23H39ClN2O3. The number of rotatable bonds is 0. The Labute approximate surface area is 181 Å². The molecule has 0 amide bonds. The van der Waals surface area contributed by atoms with Gasteiger partial charge in [0.1, 0.15) is 0 Å². The minimum absolute atomic E-state index is 0.0360. The summed E-state index contributed by atoms with van der Waals surface area (Å²) in [5, 5.41) is 4.18. The van der Waals surface area contributed by atoms with E-state index in [1.165, 1.54) is 25.7 Å². The van der Waals surface area contributed by atoms with E-state index in [0.717, 1.165) is 71.1 Å². The van der Waals surface area contributed by atoms with Crippen LogP contribution in [0.3, 0.4) is 0 Å². The lowest BCUT2D eigenvalue weighted by Crippen LogP contribution is -2.63. The van der Waals surface area contributed by atoms with Gasteiger partial charge in [-0.1, -0.05) is 0 Å². The van der Waals surface area contributed by atoms with Crippen LogP contribution >= 0.6 is 11.6 Å². The zero-order valence-corrected chi connectivity index (χ0v) is 18.7. The summed E-state index contributed by atoms with van der Waals surface area (Å²) in [5.41, 5.74) is 0.0360. The molecule has 2 aliphatic carbocycles. The minimum atomic E-state index is 0.0360. The smallest absolute Gasteiger partial charge is 0.0665 e. The van der Waals surface area contributed by atoms with Crippen LogP contribution in [0.15, 0.2) is 0 Å². The van der Waals surface area contributed by atoms with Crippen LogP contribution in [0.4, 0.5) is 0 Å². The summed E-state index contributed by atoms with van der Waals surface area (Å²) < 4.78 is 19.1. The van der Waals surface area contributed by atoms with Gasteiger partial charge in [0.2, 0.25) is 0 Å². The molecule has 2 bridgehead atoms. The number of alkyl halides is 1. The van der Waals surface area contributed by atoms with Crippen molar-refractivity contribution in [2.45, 2.75) is 93.5 Å². The van der Waals surface area contributed by atoms with Gasteiger partial charge in [-0.25, -0.2) is 0 Å². The highest BCUT2D eigenvalue weighted by Crippen LogP contribution is 2.43. The Balaban J connectivity index is 1.35. The molecule has 1 spiro atoms. The van der Waals surface area contributed by atoms with Crippen LogP contribution in [0.2, 0.25) is 0 Å². The van der Waals surface area contributed by atoms with Gasteiger partial charge in [0, 0.05) is 24.5 Å². The molecule has 29 heavy (non-hydrogen) atoms. The molecule has 4 aliphatic heterocycles. The molecule has 166 valence electrons. The fourth-order valence-corrected chi connectivity index (χ4v) is 7.44. The Kier molecular flexibility index (Phi) is 6.44. The second-order valence-corrected chi connectivity index (χ2v) is 10.9. The molecule has 6 atom stereocenters. The third-order valence-corrected chi connectivity index (χ3v) is 9.01. The maximum atomic E-state index is 6.60. The predicted molar refractivity (Wildman–Crippen MR) is 115 cm³/mol. The molecule has 6 unspecified atom stereocenters. The molecule has 0 radical (unpaired) electrons. The molecule has 0 aromatic heterocycles. The summed E-state index contributed by atoms with van der Waals surface area (Å²) in [6.07, 6.45) is 10.3. The molecule has 6 heteroatoms. The number of fused-ring (bicyclic) bond motifs is 5. The Morgan fingerprint density at radius 3 is 2.69 bits per heavy atom. The first kappa shape index (κ1) is 21.0. The zero-order valence-electron chi connectivity index (χ0n) is 18.0. The van der Waals surface area contributed by atoms with Crippen molar-refractivity contribution >= 4 is 11.6 Å². The van der Waals surface area contributed by atoms with Gasteiger partial charge < -0.3 is 19.5 Å². The first-order valence-electron chi connectivity index (χ1n) is 12.1. The van der Waals surface area contributed by atoms with Gasteiger partial charge >= 0.3 is 0 Å². The largest absolute Gasteiger partial charge is 0.378 e. The Morgan fingerprint density at radius 1 is 1.03 bits per heavy atom. The van der Waals surface area contributed by atoms with Gasteiger partial charge in [0.15, 0.2) is 0 Å². The number of halogens is 1. The van der Waals surface area contributed by atoms with E-state index in [2.05, 4.69) is 17.1 Å². The van der Waals surface area contributed by atoms with Crippen LogP contribution in [0.5, 0.6) is 0 Å². The van der Waals surface area contributed by atoms with Crippen molar-refractivity contribution in [3.05, 3.63) is 0 Å². The second kappa shape index (κ2) is 8.91. The average Bonchev–Trinajstić information content (AvgIpc) is 2.99. The molecule has 5 nitrogen and oxygen atoms in total. The number of nitrogens with zero attached hydrogens (tertiary/aromatic N) is 1. The maximum Gasteiger partial charge on any atom is 0.0665 e. The van der Waals surface area contributed by atoms with Crippen LogP contribution in [0, 0.1) is 11.8 Å². The van der Waals surface area contributed by atoms with Gasteiger partial charge in [-0.3, -0.25) is 4.90 Å². The lowest BCUT2D eigenvalue weighted by molar-refractivity contribution is -0.0509. The molecular weight excluding hydrogens is 388 g/mol. The summed E-state index contributed by atoms with van der Waals surface area (Å²) in [4.78, 5) is 2.65. The first-order chi connectivity index (χ1) is 14.1. The lowest BCUT2D eigenvalue weighted by atomic mass is 9.71.